The maximum absolute atomic E-state index is 11.5. The van der Waals surface area contributed by atoms with Gasteiger partial charge in [0.25, 0.3) is 0 Å². The number of piperazine rings is 1. The fourth-order valence-electron chi connectivity index (χ4n) is 2.37. The summed E-state index contributed by atoms with van der Waals surface area (Å²) in [6, 6.07) is 0.207. The van der Waals surface area contributed by atoms with Gasteiger partial charge < -0.3 is 14.5 Å². The molecule has 2 rings (SSSR count). The van der Waals surface area contributed by atoms with Gasteiger partial charge in [0.05, 0.1) is 19.7 Å². The van der Waals surface area contributed by atoms with Gasteiger partial charge in [-0.3, -0.25) is 4.99 Å². The Bertz CT molecular complexity index is 401. The Morgan fingerprint density at radius 2 is 2.12 bits per heavy atom. The molecular weight excluding hydrogens is 218 g/mol. The standard InChI is InChI=1S/C12H19N3O2/c1-8-9(2)13-10(3)15-6-5-14(7-11(8)15)12(16)17-4/h9H,5-7H2,1-4H3/t9-/m0/s1. The highest BCUT2D eigenvalue weighted by Crippen LogP contribution is 2.25. The fourth-order valence-corrected chi connectivity index (χ4v) is 2.37. The predicted molar refractivity (Wildman–Crippen MR) is 66.0 cm³/mol. The smallest absolute Gasteiger partial charge is 0.409 e. The minimum Gasteiger partial charge on any atom is -0.453 e. The molecule has 2 aliphatic rings. The number of hydrogen-bond acceptors (Lipinski definition) is 4. The maximum atomic E-state index is 11.5. The second kappa shape index (κ2) is 4.39. The van der Waals surface area contributed by atoms with Crippen LogP contribution in [-0.4, -0.2) is 54.5 Å². The second-order valence-electron chi connectivity index (χ2n) is 4.53. The Morgan fingerprint density at radius 3 is 2.76 bits per heavy atom. The second-order valence-corrected chi connectivity index (χ2v) is 4.53. The number of nitrogens with zero attached hydrogens (tertiary/aromatic N) is 3. The number of hydrogen-bond donors (Lipinski definition) is 0. The Hall–Kier alpha value is -1.52. The monoisotopic (exact) mass is 237 g/mol. The highest BCUT2D eigenvalue weighted by Gasteiger charge is 2.31. The summed E-state index contributed by atoms with van der Waals surface area (Å²) in [6.45, 7) is 8.30. The van der Waals surface area contributed by atoms with Crippen LogP contribution in [0.4, 0.5) is 4.79 Å². The van der Waals surface area contributed by atoms with Gasteiger partial charge in [-0.25, -0.2) is 4.79 Å². The van der Waals surface area contributed by atoms with Gasteiger partial charge in [0.15, 0.2) is 0 Å². The zero-order valence-corrected chi connectivity index (χ0v) is 10.9. The summed E-state index contributed by atoms with van der Waals surface area (Å²) in [5.41, 5.74) is 2.44. The summed E-state index contributed by atoms with van der Waals surface area (Å²) < 4.78 is 4.77. The van der Waals surface area contributed by atoms with Crippen LogP contribution < -0.4 is 0 Å². The molecule has 0 aromatic rings. The van der Waals surface area contributed by atoms with Crippen LogP contribution in [0.2, 0.25) is 0 Å². The minimum atomic E-state index is -0.252. The van der Waals surface area contributed by atoms with Crippen molar-refractivity contribution in [3.8, 4) is 0 Å². The van der Waals surface area contributed by atoms with Crippen LogP contribution in [0.1, 0.15) is 20.8 Å². The zero-order valence-electron chi connectivity index (χ0n) is 10.9. The normalized spacial score (nSPS) is 24.5. The van der Waals surface area contributed by atoms with E-state index in [0.29, 0.717) is 13.1 Å². The van der Waals surface area contributed by atoms with Crippen LogP contribution in [0.25, 0.3) is 0 Å². The van der Waals surface area contributed by atoms with Gasteiger partial charge in [0, 0.05) is 18.8 Å². The lowest BCUT2D eigenvalue weighted by molar-refractivity contribution is 0.114. The number of carbonyl (C=O) groups is 1. The average molecular weight is 237 g/mol. The van der Waals surface area contributed by atoms with E-state index in [0.717, 1.165) is 12.4 Å². The van der Waals surface area contributed by atoms with Gasteiger partial charge >= 0.3 is 6.09 Å². The number of amidine groups is 1. The van der Waals surface area contributed by atoms with Crippen molar-refractivity contribution in [3.05, 3.63) is 11.3 Å². The lowest BCUT2D eigenvalue weighted by atomic mass is 10.0. The number of carbonyl (C=O) groups excluding carboxylic acids is 1. The van der Waals surface area contributed by atoms with Crippen molar-refractivity contribution in [1.29, 1.82) is 0 Å². The van der Waals surface area contributed by atoms with Crippen LogP contribution >= 0.6 is 0 Å². The molecule has 0 unspecified atom stereocenters. The molecule has 0 N–H and O–H groups in total. The topological polar surface area (TPSA) is 45.1 Å². The van der Waals surface area contributed by atoms with E-state index >= 15 is 0 Å². The molecule has 0 saturated carbocycles. The molecule has 2 heterocycles. The third-order valence-corrected chi connectivity index (χ3v) is 3.55. The molecule has 1 atom stereocenters. The Balaban J connectivity index is 2.23. The zero-order chi connectivity index (χ0) is 12.6. The molecule has 0 radical (unpaired) electrons. The molecule has 2 aliphatic heterocycles. The van der Waals surface area contributed by atoms with Gasteiger partial charge in [-0.15, -0.1) is 0 Å². The number of ether oxygens (including phenoxy) is 1. The Kier molecular flexibility index (Phi) is 3.09. The third kappa shape index (κ3) is 2.01. The van der Waals surface area contributed by atoms with Crippen LogP contribution in [0.15, 0.2) is 16.3 Å². The molecule has 0 spiro atoms. The number of amides is 1. The molecule has 0 aromatic carbocycles. The van der Waals surface area contributed by atoms with Crippen molar-refractivity contribution < 1.29 is 9.53 Å². The third-order valence-electron chi connectivity index (χ3n) is 3.55. The van der Waals surface area contributed by atoms with E-state index in [9.17, 15) is 4.79 Å². The molecule has 0 bridgehead atoms. The largest absolute Gasteiger partial charge is 0.453 e. The molecule has 1 amide bonds. The summed E-state index contributed by atoms with van der Waals surface area (Å²) in [5, 5.41) is 0. The quantitative estimate of drug-likeness (QED) is 0.641. The molecule has 0 aliphatic carbocycles. The van der Waals surface area contributed by atoms with Crippen molar-refractivity contribution in [2.24, 2.45) is 4.99 Å². The lowest BCUT2D eigenvalue weighted by Crippen LogP contribution is -2.50. The number of methoxy groups -OCH3 is 1. The summed E-state index contributed by atoms with van der Waals surface area (Å²) in [5.74, 6) is 1.04. The van der Waals surface area contributed by atoms with E-state index in [-0.39, 0.29) is 12.1 Å². The molecule has 1 saturated heterocycles. The van der Waals surface area contributed by atoms with Crippen LogP contribution in [0, 0.1) is 0 Å². The summed E-state index contributed by atoms with van der Waals surface area (Å²) in [7, 11) is 1.42. The summed E-state index contributed by atoms with van der Waals surface area (Å²) in [4.78, 5) is 20.1. The van der Waals surface area contributed by atoms with E-state index in [2.05, 4.69) is 23.7 Å². The Morgan fingerprint density at radius 1 is 1.41 bits per heavy atom. The SMILES string of the molecule is COC(=O)N1CCN2C(C)=N[C@@H](C)C(C)=C2C1. The van der Waals surface area contributed by atoms with Crippen LogP contribution in [-0.2, 0) is 4.74 Å². The van der Waals surface area contributed by atoms with Crippen molar-refractivity contribution in [2.45, 2.75) is 26.8 Å². The highest BCUT2D eigenvalue weighted by atomic mass is 16.5. The first-order valence-electron chi connectivity index (χ1n) is 5.89. The minimum absolute atomic E-state index is 0.207. The van der Waals surface area contributed by atoms with E-state index in [1.165, 1.54) is 18.4 Å². The van der Waals surface area contributed by atoms with E-state index < -0.39 is 0 Å². The average Bonchev–Trinajstić information content (AvgIpc) is 2.34. The molecule has 17 heavy (non-hydrogen) atoms. The molecular formula is C12H19N3O2. The first-order chi connectivity index (χ1) is 8.04. The van der Waals surface area contributed by atoms with Gasteiger partial charge in [-0.1, -0.05) is 0 Å². The van der Waals surface area contributed by atoms with Gasteiger partial charge in [-0.05, 0) is 26.3 Å². The number of fused-ring (bicyclic) bond motifs is 1. The highest BCUT2D eigenvalue weighted by molar-refractivity contribution is 5.84. The number of rotatable bonds is 0. The summed E-state index contributed by atoms with van der Waals surface area (Å²) in [6.07, 6.45) is -0.252. The molecule has 5 nitrogen and oxygen atoms in total. The van der Waals surface area contributed by atoms with E-state index in [1.807, 2.05) is 6.92 Å². The van der Waals surface area contributed by atoms with Crippen molar-refractivity contribution in [3.63, 3.8) is 0 Å². The van der Waals surface area contributed by atoms with Crippen LogP contribution in [0.3, 0.4) is 0 Å². The van der Waals surface area contributed by atoms with E-state index in [4.69, 9.17) is 4.74 Å². The fraction of sp³-hybridized carbons (Fsp3) is 0.667. The van der Waals surface area contributed by atoms with E-state index in [1.54, 1.807) is 4.90 Å². The maximum Gasteiger partial charge on any atom is 0.409 e. The van der Waals surface area contributed by atoms with Crippen molar-refractivity contribution in [1.82, 2.24) is 9.80 Å². The van der Waals surface area contributed by atoms with Crippen molar-refractivity contribution in [2.75, 3.05) is 26.7 Å². The van der Waals surface area contributed by atoms with Crippen LogP contribution in [0.5, 0.6) is 0 Å². The first kappa shape index (κ1) is 12.0. The molecule has 5 heteroatoms. The predicted octanol–water partition coefficient (Wildman–Crippen LogP) is 1.46. The lowest BCUT2D eigenvalue weighted by Gasteiger charge is -2.41. The Labute approximate surface area is 102 Å². The molecule has 0 aromatic heterocycles. The number of aliphatic imine (C=N–C) groups is 1. The van der Waals surface area contributed by atoms with Gasteiger partial charge in [-0.2, -0.15) is 0 Å². The first-order valence-corrected chi connectivity index (χ1v) is 5.89. The summed E-state index contributed by atoms with van der Waals surface area (Å²) >= 11 is 0. The molecule has 94 valence electrons. The van der Waals surface area contributed by atoms with Gasteiger partial charge in [0.1, 0.15) is 5.84 Å². The molecule has 1 fully saturated rings. The van der Waals surface area contributed by atoms with Gasteiger partial charge in [0.2, 0.25) is 0 Å². The van der Waals surface area contributed by atoms with Crippen molar-refractivity contribution >= 4 is 11.9 Å².